The number of hydrogen-bond donors (Lipinski definition) is 2. The van der Waals surface area contributed by atoms with Crippen molar-refractivity contribution in [1.82, 2.24) is 0 Å². The van der Waals surface area contributed by atoms with E-state index in [1.54, 1.807) is 84.9 Å². The molecule has 0 amide bonds. The molecule has 0 radical (unpaired) electrons. The number of rotatable bonds is 8. The van der Waals surface area contributed by atoms with Gasteiger partial charge in [0, 0.05) is 32.3 Å². The minimum absolute atomic E-state index is 0. The fraction of sp³-hybridized carbons (Fsp3) is 0. The quantitative estimate of drug-likeness (QED) is 0.126. The second kappa shape index (κ2) is 19.2. The predicted molar refractivity (Wildman–Crippen MR) is 220 cm³/mol. The molecule has 8 rings (SSSR count). The largest absolute Gasteiger partial charge is 1.00 e. The first-order valence-corrected chi connectivity index (χ1v) is 22.8. The Morgan fingerprint density at radius 1 is 0.339 bits per heavy atom. The van der Waals surface area contributed by atoms with Crippen LogP contribution >= 0.6 is 0 Å². The molecule has 8 aromatic rings. The summed E-state index contributed by atoms with van der Waals surface area (Å²) in [5.41, 5.74) is 0.207. The molecule has 0 aliphatic rings. The van der Waals surface area contributed by atoms with Crippen molar-refractivity contribution in [3.63, 3.8) is 0 Å². The normalized spacial score (nSPS) is 12.3. The van der Waals surface area contributed by atoms with Gasteiger partial charge in [0.1, 0.15) is 41.4 Å². The van der Waals surface area contributed by atoms with Gasteiger partial charge in [0.05, 0.1) is 21.2 Å². The molecule has 0 spiro atoms. The van der Waals surface area contributed by atoms with Gasteiger partial charge in [0.2, 0.25) is 0 Å². The van der Waals surface area contributed by atoms with E-state index in [1.807, 2.05) is 0 Å². The zero-order chi connectivity index (χ0) is 43.0. The molecule has 22 heteroatoms. The zero-order valence-electron chi connectivity index (χ0n) is 32.3. The van der Waals surface area contributed by atoms with Crippen LogP contribution < -0.4 is 59.1 Å². The van der Waals surface area contributed by atoms with Gasteiger partial charge in [-0.2, -0.15) is 16.8 Å². The average molecular weight is 929 g/mol. The Kier molecular flexibility index (Phi) is 15.0. The van der Waals surface area contributed by atoms with Crippen molar-refractivity contribution in [3.8, 4) is 0 Å². The van der Waals surface area contributed by atoms with Gasteiger partial charge in [-0.3, -0.25) is 9.11 Å². The minimum Gasteiger partial charge on any atom is -0.744 e. The molecule has 0 aromatic heterocycles. The molecule has 0 aliphatic heterocycles. The molecule has 2 N–H and O–H groups in total. The van der Waals surface area contributed by atoms with Crippen molar-refractivity contribution in [2.45, 2.75) is 19.6 Å². The van der Waals surface area contributed by atoms with Crippen LogP contribution in [0.3, 0.4) is 0 Å². The van der Waals surface area contributed by atoms with Gasteiger partial charge in [-0.1, -0.05) is 109 Å². The van der Waals surface area contributed by atoms with E-state index >= 15 is 0 Å². The topological polar surface area (TPSA) is 273 Å². The van der Waals surface area contributed by atoms with Crippen LogP contribution in [0.2, 0.25) is 0 Å². The van der Waals surface area contributed by atoms with Gasteiger partial charge in [-0.15, -0.1) is 20.5 Å². The Bertz CT molecular complexity index is 3340. The van der Waals surface area contributed by atoms with Gasteiger partial charge < -0.3 is 9.11 Å². The fourth-order valence-electron chi connectivity index (χ4n) is 6.50. The molecule has 304 valence electrons. The van der Waals surface area contributed by atoms with Crippen molar-refractivity contribution < 1.29 is 111 Å². The maximum absolute atomic E-state index is 11.9. The molecule has 16 nitrogen and oxygen atoms in total. The molecule has 0 unspecified atom stereocenters. The van der Waals surface area contributed by atoms with E-state index in [1.165, 1.54) is 60.7 Å². The van der Waals surface area contributed by atoms with Gasteiger partial charge in [0.25, 0.3) is 20.2 Å². The van der Waals surface area contributed by atoms with Crippen LogP contribution in [-0.4, -0.2) is 51.9 Å². The first-order chi connectivity index (χ1) is 28.3. The number of benzene rings is 8. The fourth-order valence-corrected chi connectivity index (χ4v) is 9.53. The smallest absolute Gasteiger partial charge is 0.744 e. The molecule has 0 fully saturated rings. The first kappa shape index (κ1) is 48.7. The summed E-state index contributed by atoms with van der Waals surface area (Å²) in [7, 11) is -18.6. The minimum atomic E-state index is -4.85. The van der Waals surface area contributed by atoms with Crippen LogP contribution in [0.4, 0.5) is 22.7 Å². The summed E-state index contributed by atoms with van der Waals surface area (Å²) in [5.74, 6) is 0. The van der Waals surface area contributed by atoms with E-state index in [4.69, 9.17) is 0 Å². The zero-order valence-corrected chi connectivity index (χ0v) is 39.5. The summed E-state index contributed by atoms with van der Waals surface area (Å²) in [5, 5.41) is 18.9. The maximum Gasteiger partial charge on any atom is 1.00 e. The molecule has 8 aromatic carbocycles. The van der Waals surface area contributed by atoms with E-state index in [-0.39, 0.29) is 113 Å². The second-order valence-corrected chi connectivity index (χ2v) is 18.2. The first-order valence-electron chi connectivity index (χ1n) is 17.1. The molecule has 0 atom stereocenters. The summed E-state index contributed by atoms with van der Waals surface area (Å²) in [4.78, 5) is -1.54. The van der Waals surface area contributed by atoms with Crippen LogP contribution in [-0.2, 0) is 40.5 Å². The van der Waals surface area contributed by atoms with Gasteiger partial charge >= 0.3 is 59.1 Å². The molecule has 0 bridgehead atoms. The Morgan fingerprint density at radius 3 is 0.935 bits per heavy atom. The molecular weight excluding hydrogens is 903 g/mol. The number of nitrogens with zero attached hydrogens (tertiary/aromatic N) is 4. The Balaban J connectivity index is 0.000000227. The average Bonchev–Trinajstić information content (AvgIpc) is 3.20. The third-order valence-corrected chi connectivity index (χ3v) is 12.7. The van der Waals surface area contributed by atoms with Gasteiger partial charge in [0.15, 0.2) is 0 Å². The molecule has 62 heavy (non-hydrogen) atoms. The summed E-state index contributed by atoms with van der Waals surface area (Å²) < 4.78 is 137. The van der Waals surface area contributed by atoms with Crippen molar-refractivity contribution in [3.05, 3.63) is 146 Å². The van der Waals surface area contributed by atoms with Crippen LogP contribution in [0.15, 0.2) is 186 Å². The number of hydrogen-bond acceptors (Lipinski definition) is 14. The standard InChI is InChI=1S/2C20H14N2O6S2.2Na/c2*23-29(24,25)19-12-11-17(15-7-3-4-8-16(15)19)21-22-18-10-9-13-5-1-2-6-14(13)20(18)30(26,27)28;;/h2*1-12H,(H,23,24,25)(H,26,27,28);;/q;;2*+1/p-2. The Hall–Kier alpha value is -4.36. The van der Waals surface area contributed by atoms with E-state index in [2.05, 4.69) is 20.5 Å². The molecule has 0 heterocycles. The molecule has 0 saturated heterocycles. The summed E-state index contributed by atoms with van der Waals surface area (Å²) in [6.07, 6.45) is 0. The van der Waals surface area contributed by atoms with Crippen molar-refractivity contribution in [2.75, 3.05) is 0 Å². The van der Waals surface area contributed by atoms with E-state index in [0.717, 1.165) is 0 Å². The third kappa shape index (κ3) is 10.5. The summed E-state index contributed by atoms with van der Waals surface area (Å²) in [6.45, 7) is 0. The Morgan fingerprint density at radius 2 is 0.613 bits per heavy atom. The van der Waals surface area contributed by atoms with E-state index < -0.39 is 50.3 Å². The van der Waals surface area contributed by atoms with Crippen LogP contribution in [0, 0.1) is 0 Å². The second-order valence-electron chi connectivity index (χ2n) is 12.8. The number of fused-ring (bicyclic) bond motifs is 4. The van der Waals surface area contributed by atoms with Crippen molar-refractivity contribution in [2.24, 2.45) is 20.5 Å². The molecule has 0 saturated carbocycles. The maximum atomic E-state index is 11.9. The van der Waals surface area contributed by atoms with Crippen molar-refractivity contribution >= 4 is 106 Å². The monoisotopic (exact) mass is 928 g/mol. The van der Waals surface area contributed by atoms with Gasteiger partial charge in [-0.25, -0.2) is 16.8 Å². The molecular formula is C40H26N4Na2O12S4. The van der Waals surface area contributed by atoms with Gasteiger partial charge in [-0.05, 0) is 47.2 Å². The van der Waals surface area contributed by atoms with Crippen LogP contribution in [0.5, 0.6) is 0 Å². The predicted octanol–water partition coefficient (Wildman–Crippen LogP) is 3.13. The van der Waals surface area contributed by atoms with Crippen LogP contribution in [0.1, 0.15) is 0 Å². The number of azo groups is 2. The van der Waals surface area contributed by atoms with E-state index in [9.17, 15) is 51.9 Å². The molecule has 0 aliphatic carbocycles. The Labute approximate surface area is 399 Å². The third-order valence-electron chi connectivity index (χ3n) is 9.03. The SMILES string of the molecule is O=S(=O)([O-])c1c(N=Nc2ccc(S(=O)(=O)O)c3ccccc23)ccc2ccccc12.O=S(=O)([O-])c1c(N=Nc2ccc(S(=O)(=O)O)c3ccccc23)ccc2ccccc12.[Na+].[Na+]. The van der Waals surface area contributed by atoms with Crippen molar-refractivity contribution in [1.29, 1.82) is 0 Å². The summed E-state index contributed by atoms with van der Waals surface area (Å²) in [6, 6.07) is 36.7. The van der Waals surface area contributed by atoms with Crippen LogP contribution in [0.25, 0.3) is 43.1 Å². The van der Waals surface area contributed by atoms with E-state index in [0.29, 0.717) is 21.5 Å². The summed E-state index contributed by atoms with van der Waals surface area (Å²) >= 11 is 0.